The van der Waals surface area contributed by atoms with Crippen LogP contribution in [0.1, 0.15) is 20.0 Å². The lowest BCUT2D eigenvalue weighted by atomic mass is 10.2. The molecule has 1 heterocycles. The van der Waals surface area contributed by atoms with Gasteiger partial charge in [0.05, 0.1) is 7.11 Å². The lowest BCUT2D eigenvalue weighted by Gasteiger charge is -2.07. The zero-order valence-electron chi connectivity index (χ0n) is 10.4. The standard InChI is InChI=1S/C13H11NO5S/c1-19-10-4-5-20-11(10)12(16)14-7-2-3-8(13(17)18)9(15)6-7/h2-6,15H,1H3,(H,14,16)(H,17,18). The minimum atomic E-state index is -1.24. The number of nitrogens with one attached hydrogen (secondary N) is 1. The van der Waals surface area contributed by atoms with Gasteiger partial charge in [-0.1, -0.05) is 0 Å². The topological polar surface area (TPSA) is 95.9 Å². The van der Waals surface area contributed by atoms with Crippen molar-refractivity contribution in [1.29, 1.82) is 0 Å². The molecule has 0 fully saturated rings. The number of aromatic hydroxyl groups is 1. The van der Waals surface area contributed by atoms with E-state index < -0.39 is 11.7 Å². The fourth-order valence-electron chi connectivity index (χ4n) is 1.60. The van der Waals surface area contributed by atoms with Gasteiger partial charge in [0.15, 0.2) is 0 Å². The molecular formula is C13H11NO5S. The summed E-state index contributed by atoms with van der Waals surface area (Å²) in [4.78, 5) is 23.2. The normalized spacial score (nSPS) is 10.1. The third kappa shape index (κ3) is 2.72. The summed E-state index contributed by atoms with van der Waals surface area (Å²) in [6.07, 6.45) is 0. The third-order valence-corrected chi connectivity index (χ3v) is 3.44. The number of phenols is 1. The summed E-state index contributed by atoms with van der Waals surface area (Å²) in [6.45, 7) is 0. The van der Waals surface area contributed by atoms with Crippen LogP contribution < -0.4 is 10.1 Å². The molecule has 1 amide bonds. The van der Waals surface area contributed by atoms with Crippen LogP contribution in [0, 0.1) is 0 Å². The maximum atomic E-state index is 12.0. The number of carboxylic acid groups (broad SMARTS) is 1. The lowest BCUT2D eigenvalue weighted by Crippen LogP contribution is -2.11. The van der Waals surface area contributed by atoms with Gasteiger partial charge < -0.3 is 20.3 Å². The van der Waals surface area contributed by atoms with Gasteiger partial charge in [0.25, 0.3) is 5.91 Å². The number of carbonyl (C=O) groups is 2. The summed E-state index contributed by atoms with van der Waals surface area (Å²) < 4.78 is 5.04. The Morgan fingerprint density at radius 3 is 2.65 bits per heavy atom. The van der Waals surface area contributed by atoms with Gasteiger partial charge in [-0.05, 0) is 23.6 Å². The first kappa shape index (κ1) is 13.9. The smallest absolute Gasteiger partial charge is 0.339 e. The van der Waals surface area contributed by atoms with Crippen molar-refractivity contribution in [3.63, 3.8) is 0 Å². The van der Waals surface area contributed by atoms with Crippen molar-refractivity contribution in [2.75, 3.05) is 12.4 Å². The molecule has 0 spiro atoms. The van der Waals surface area contributed by atoms with Crippen molar-refractivity contribution in [3.8, 4) is 11.5 Å². The van der Waals surface area contributed by atoms with Crippen LogP contribution in [0.5, 0.6) is 11.5 Å². The zero-order chi connectivity index (χ0) is 14.7. The molecule has 7 heteroatoms. The molecule has 3 N–H and O–H groups in total. The van der Waals surface area contributed by atoms with E-state index in [1.165, 1.54) is 36.6 Å². The van der Waals surface area contributed by atoms with Crippen LogP contribution in [0.25, 0.3) is 0 Å². The molecule has 0 aliphatic rings. The fourth-order valence-corrected chi connectivity index (χ4v) is 2.36. The summed E-state index contributed by atoms with van der Waals surface area (Å²) in [6, 6.07) is 5.48. The molecule has 0 aliphatic heterocycles. The minimum Gasteiger partial charge on any atom is -0.507 e. The largest absolute Gasteiger partial charge is 0.507 e. The van der Waals surface area contributed by atoms with E-state index in [2.05, 4.69) is 5.32 Å². The molecule has 0 radical (unpaired) electrons. The van der Waals surface area contributed by atoms with Crippen LogP contribution in [-0.2, 0) is 0 Å². The Morgan fingerprint density at radius 1 is 1.30 bits per heavy atom. The highest BCUT2D eigenvalue weighted by Crippen LogP contribution is 2.27. The zero-order valence-corrected chi connectivity index (χ0v) is 11.2. The summed E-state index contributed by atoms with van der Waals surface area (Å²) >= 11 is 1.22. The highest BCUT2D eigenvalue weighted by atomic mass is 32.1. The number of rotatable bonds is 4. The lowest BCUT2D eigenvalue weighted by molar-refractivity contribution is 0.0693. The highest BCUT2D eigenvalue weighted by molar-refractivity contribution is 7.12. The second-order valence-corrected chi connectivity index (χ2v) is 4.73. The Kier molecular flexibility index (Phi) is 3.90. The Hall–Kier alpha value is -2.54. The number of amides is 1. The Balaban J connectivity index is 2.20. The fraction of sp³-hybridized carbons (Fsp3) is 0.0769. The van der Waals surface area contributed by atoms with Crippen molar-refractivity contribution in [3.05, 3.63) is 40.1 Å². The second kappa shape index (κ2) is 5.62. The quantitative estimate of drug-likeness (QED) is 0.804. The number of benzene rings is 1. The average molecular weight is 293 g/mol. The number of anilines is 1. The maximum absolute atomic E-state index is 12.0. The first-order chi connectivity index (χ1) is 9.52. The Bertz CT molecular complexity index is 665. The Morgan fingerprint density at radius 2 is 2.05 bits per heavy atom. The van der Waals surface area contributed by atoms with E-state index in [1.54, 1.807) is 11.4 Å². The molecule has 0 unspecified atom stereocenters. The van der Waals surface area contributed by atoms with Crippen molar-refractivity contribution in [1.82, 2.24) is 0 Å². The van der Waals surface area contributed by atoms with Crippen LogP contribution >= 0.6 is 11.3 Å². The number of ether oxygens (including phenoxy) is 1. The van der Waals surface area contributed by atoms with Crippen LogP contribution in [-0.4, -0.2) is 29.2 Å². The van der Waals surface area contributed by atoms with Gasteiger partial charge >= 0.3 is 5.97 Å². The summed E-state index contributed by atoms with van der Waals surface area (Å²) in [7, 11) is 1.46. The summed E-state index contributed by atoms with van der Waals surface area (Å²) in [5.74, 6) is -1.58. The van der Waals surface area contributed by atoms with E-state index in [1.807, 2.05) is 0 Å². The number of carboxylic acids is 1. The van der Waals surface area contributed by atoms with Gasteiger partial charge in [-0.25, -0.2) is 4.79 Å². The average Bonchev–Trinajstić information content (AvgIpc) is 2.86. The van der Waals surface area contributed by atoms with E-state index in [0.717, 1.165) is 0 Å². The van der Waals surface area contributed by atoms with Crippen LogP contribution in [0.3, 0.4) is 0 Å². The summed E-state index contributed by atoms with van der Waals surface area (Å²) in [5.41, 5.74) is 0.0738. The van der Waals surface area contributed by atoms with Gasteiger partial charge in [-0.2, -0.15) is 0 Å². The molecule has 20 heavy (non-hydrogen) atoms. The number of thiophene rings is 1. The highest BCUT2D eigenvalue weighted by Gasteiger charge is 2.15. The van der Waals surface area contributed by atoms with Gasteiger partial charge in [0.1, 0.15) is 21.9 Å². The SMILES string of the molecule is COc1ccsc1C(=O)Nc1ccc(C(=O)O)c(O)c1. The van der Waals surface area contributed by atoms with Crippen molar-refractivity contribution in [2.24, 2.45) is 0 Å². The maximum Gasteiger partial charge on any atom is 0.339 e. The molecule has 0 bridgehead atoms. The van der Waals surface area contributed by atoms with Crippen LogP contribution in [0.2, 0.25) is 0 Å². The number of aromatic carboxylic acids is 1. The molecule has 0 aliphatic carbocycles. The first-order valence-corrected chi connectivity index (χ1v) is 6.40. The molecule has 2 aromatic rings. The number of hydrogen-bond acceptors (Lipinski definition) is 5. The van der Waals surface area contributed by atoms with E-state index in [9.17, 15) is 14.7 Å². The molecule has 0 saturated heterocycles. The predicted octanol–water partition coefficient (Wildman–Crippen LogP) is 2.41. The van der Waals surface area contributed by atoms with Gasteiger partial charge in [0.2, 0.25) is 0 Å². The molecule has 0 saturated carbocycles. The van der Waals surface area contributed by atoms with Gasteiger partial charge in [0, 0.05) is 11.8 Å². The van der Waals surface area contributed by atoms with Crippen molar-refractivity contribution in [2.45, 2.75) is 0 Å². The van der Waals surface area contributed by atoms with Crippen LogP contribution in [0.4, 0.5) is 5.69 Å². The number of methoxy groups -OCH3 is 1. The van der Waals surface area contributed by atoms with E-state index in [0.29, 0.717) is 16.3 Å². The monoisotopic (exact) mass is 293 g/mol. The molecule has 104 valence electrons. The van der Waals surface area contributed by atoms with E-state index in [4.69, 9.17) is 9.84 Å². The molecule has 2 rings (SSSR count). The molecular weight excluding hydrogens is 282 g/mol. The molecule has 1 aromatic heterocycles. The van der Waals surface area contributed by atoms with Crippen molar-refractivity contribution < 1.29 is 24.5 Å². The summed E-state index contributed by atoms with van der Waals surface area (Å²) in [5, 5.41) is 22.6. The van der Waals surface area contributed by atoms with E-state index in [-0.39, 0.29) is 11.5 Å². The molecule has 6 nitrogen and oxygen atoms in total. The third-order valence-electron chi connectivity index (χ3n) is 2.54. The first-order valence-electron chi connectivity index (χ1n) is 5.52. The molecule has 1 aromatic carbocycles. The van der Waals surface area contributed by atoms with Crippen LogP contribution in [0.15, 0.2) is 29.6 Å². The Labute approximate surface area is 118 Å². The minimum absolute atomic E-state index is 0.225. The number of hydrogen-bond donors (Lipinski definition) is 3. The van der Waals surface area contributed by atoms with Gasteiger partial charge in [-0.15, -0.1) is 11.3 Å². The predicted molar refractivity (Wildman–Crippen MR) is 73.9 cm³/mol. The van der Waals surface area contributed by atoms with Gasteiger partial charge in [-0.3, -0.25) is 4.79 Å². The number of carbonyl (C=O) groups excluding carboxylic acids is 1. The second-order valence-electron chi connectivity index (χ2n) is 3.81. The van der Waals surface area contributed by atoms with E-state index >= 15 is 0 Å². The molecule has 0 atom stereocenters. The van der Waals surface area contributed by atoms with Crippen molar-refractivity contribution >= 4 is 28.9 Å².